The van der Waals surface area contributed by atoms with Crippen molar-refractivity contribution >= 4 is 119 Å². The third kappa shape index (κ3) is 76.5. The number of hydrogen-bond donors (Lipinski definition) is 2. The Morgan fingerprint density at radius 2 is 0.646 bits per heavy atom. The van der Waals surface area contributed by atoms with E-state index < -0.39 is 179 Å². The second-order valence-corrected chi connectivity index (χ2v) is 37.8. The standard InChI is InChI=1S/C13H18O4.C12H16O6.C12H24O2.C11H16O2.C8H8O3.2C8H16O2.C5H10O3.C4H6O4.C4H8O3.2C4H8O2.C3H6O3.C2H4O3.2C2H4O2/c14-11(15)7-17-12(16)13-4-8-1-9(5-13)3-10(2-8)6-13;1-10(2)11(3)4-5-12(10,18-8(11)15)9(16)17-6-7(13)14;1-2-3-4-5-6-7-8-9-10-11-12(13)14;12-10(13)11-4-7-1-8(5-11)3-9(2-7)6-11;9-8(10)6-11-7-4-2-1-3-5-7;2*1-2-3-4-5-6-7-8(9)10;1-5(2,8-3)4(6)7;1-3(5)8-2-4(6)7;1-4(2,7)3(5)6;2*1-2-3-4(5)6;1-6-2-3(4)5;3-1-2(4)5;2*1-2(3)4/h8-10H,1-7H2,(H,14,15);4-6H2,1-3H3,(H,13,14);2-11H2,1H3,(H,13,14);7-9H,1-6H2,(H,12,13);1-5H,6H2,(H,9,10);2*2-7H2,1H3,(H,9,10);1-3H3,(H,6,7);2H2,1H3,(H,6,7);7H,1-2H3,(H,5,6);2*2-3H2,1H3,(H,5,6);2H2,1H3,(H,4,5);3H,1H2,(H,4,5);2*1H3,(H,3,4)/p-16. The van der Waals surface area contributed by atoms with Crippen molar-refractivity contribution in [2.75, 3.05) is 53.9 Å². The summed E-state index contributed by atoms with van der Waals surface area (Å²) < 4.78 is 32.3. The number of methoxy groups -OCH3 is 2. The highest BCUT2D eigenvalue weighted by molar-refractivity contribution is 5.94. The van der Waals surface area contributed by atoms with Gasteiger partial charge in [-0.3, -0.25) is 14.4 Å². The summed E-state index contributed by atoms with van der Waals surface area (Å²) in [6.07, 6.45) is 38.1. The molecule has 10 fully saturated rings. The Hall–Kier alpha value is -11.7. The molecule has 10 aliphatic rings. The summed E-state index contributed by atoms with van der Waals surface area (Å²) in [6.45, 7) is 20.0. The number of benzene rings is 1. The Balaban J connectivity index is -0.000000290. The summed E-state index contributed by atoms with van der Waals surface area (Å²) >= 11 is 0. The van der Waals surface area contributed by atoms with Crippen LogP contribution in [0.15, 0.2) is 30.3 Å². The summed E-state index contributed by atoms with van der Waals surface area (Å²) in [4.78, 5) is 202. The molecule has 10 bridgehead atoms. The molecule has 2 N–H and O–H groups in total. The van der Waals surface area contributed by atoms with Gasteiger partial charge in [0, 0.05) is 79.7 Å². The molecule has 1 aromatic rings. The third-order valence-corrected chi connectivity index (χ3v) is 23.7. The van der Waals surface area contributed by atoms with Crippen LogP contribution in [0, 0.1) is 57.2 Å². The first-order valence-electron chi connectivity index (χ1n) is 49.1. The van der Waals surface area contributed by atoms with Crippen molar-refractivity contribution in [3.63, 3.8) is 0 Å². The van der Waals surface area contributed by atoms with E-state index in [1.807, 2.05) is 6.07 Å². The van der Waals surface area contributed by atoms with Gasteiger partial charge in [0.1, 0.15) is 37.8 Å². The Morgan fingerprint density at radius 1 is 0.367 bits per heavy atom. The van der Waals surface area contributed by atoms with Crippen LogP contribution in [0.25, 0.3) is 0 Å². The minimum Gasteiger partial charge on any atom is -0.550 e. The maximum Gasteiger partial charge on any atom is 0.351 e. The second-order valence-electron chi connectivity index (χ2n) is 37.8. The molecule has 0 aromatic heterocycles. The molecule has 9 aliphatic carbocycles. The van der Waals surface area contributed by atoms with E-state index in [9.17, 15) is 148 Å². The molecular weight excluding hydrogens is 1950 g/mol. The Labute approximate surface area is 861 Å². The van der Waals surface area contributed by atoms with E-state index in [0.29, 0.717) is 66.9 Å². The molecule has 2 atom stereocenters. The topological polar surface area (TPSA) is 815 Å². The van der Waals surface area contributed by atoms with E-state index in [-0.39, 0.29) is 50.1 Å². The number of carboxylic acid groups (broad SMARTS) is 16. The number of ether oxygens (including phenoxy) is 7. The quantitative estimate of drug-likeness (QED) is 0.0349. The van der Waals surface area contributed by atoms with Crippen LogP contribution < -0.4 is 86.4 Å². The first kappa shape index (κ1) is 148. The van der Waals surface area contributed by atoms with Crippen LogP contribution in [0.3, 0.4) is 0 Å². The highest BCUT2D eigenvalue weighted by Crippen LogP contribution is 2.66. The first-order valence-corrected chi connectivity index (χ1v) is 49.1. The van der Waals surface area contributed by atoms with Crippen LogP contribution in [-0.4, -0.2) is 200 Å². The van der Waals surface area contributed by atoms with Crippen LogP contribution >= 0.6 is 0 Å². The third-order valence-electron chi connectivity index (χ3n) is 23.7. The van der Waals surface area contributed by atoms with Gasteiger partial charge in [0.15, 0.2) is 0 Å². The van der Waals surface area contributed by atoms with Crippen molar-refractivity contribution in [1.82, 2.24) is 0 Å². The number of aliphatic hydroxyl groups excluding tert-OH is 1. The average Bonchev–Trinajstić information content (AvgIpc) is 1.52. The van der Waals surface area contributed by atoms with E-state index in [1.54, 1.807) is 58.9 Å². The number of unbranched alkanes of at least 4 members (excludes halogenated alkanes) is 16. The van der Waals surface area contributed by atoms with Crippen molar-refractivity contribution in [2.24, 2.45) is 57.2 Å². The van der Waals surface area contributed by atoms with Crippen molar-refractivity contribution in [3.8, 4) is 5.75 Å². The zero-order chi connectivity index (χ0) is 115. The van der Waals surface area contributed by atoms with Gasteiger partial charge < -0.3 is 202 Å². The molecule has 9 saturated carbocycles. The van der Waals surface area contributed by atoms with E-state index in [0.717, 1.165) is 125 Å². The number of hydrogen-bond acceptors (Lipinski definition) is 45. The van der Waals surface area contributed by atoms with E-state index in [4.69, 9.17) is 54.1 Å². The fraction of sp³-hybridized carbons (Fsp3) is 0.745. The Bertz CT molecular complexity index is 3850. The molecule has 850 valence electrons. The zero-order valence-corrected chi connectivity index (χ0v) is 88.3. The maximum atomic E-state index is 12.1. The van der Waals surface area contributed by atoms with Crippen molar-refractivity contribution in [1.29, 1.82) is 0 Å². The Morgan fingerprint density at radius 3 is 0.837 bits per heavy atom. The molecule has 1 aliphatic heterocycles. The molecule has 2 unspecified atom stereocenters. The van der Waals surface area contributed by atoms with Gasteiger partial charge in [0.25, 0.3) is 0 Å². The van der Waals surface area contributed by atoms with E-state index >= 15 is 0 Å². The minimum atomic E-state index is -1.69. The number of carboxylic acids is 16. The number of carbonyl (C=O) groups excluding carboxylic acids is 20. The molecule has 1 aromatic carbocycles. The van der Waals surface area contributed by atoms with Crippen LogP contribution in [0.4, 0.5) is 0 Å². The molecule has 45 heteroatoms. The van der Waals surface area contributed by atoms with Gasteiger partial charge in [0.05, 0.1) is 77.4 Å². The molecule has 1 saturated heterocycles. The predicted octanol–water partition coefficient (Wildman–Crippen LogP) is -5.82. The largest absolute Gasteiger partial charge is 0.550 e. The van der Waals surface area contributed by atoms with Crippen molar-refractivity contribution < 1.29 is 221 Å². The average molecular weight is 2100 g/mol. The number of carbonyl (C=O) groups is 20. The number of para-hydroxylation sites is 1. The number of esters is 4. The molecule has 0 amide bonds. The van der Waals surface area contributed by atoms with Gasteiger partial charge in [0.2, 0.25) is 5.60 Å². The van der Waals surface area contributed by atoms with Gasteiger partial charge >= 0.3 is 23.9 Å². The molecular formula is C102H156O45-16. The fourth-order valence-electron chi connectivity index (χ4n) is 16.7. The molecule has 147 heavy (non-hydrogen) atoms. The summed E-state index contributed by atoms with van der Waals surface area (Å²) in [5.74, 6) is -15.7. The molecule has 0 spiro atoms. The summed E-state index contributed by atoms with van der Waals surface area (Å²) in [7, 11) is 2.63. The van der Waals surface area contributed by atoms with Gasteiger partial charge in [-0.25, -0.2) is 4.79 Å². The zero-order valence-electron chi connectivity index (χ0n) is 88.3. The molecule has 45 nitrogen and oxygen atoms in total. The molecule has 11 rings (SSSR count). The first-order chi connectivity index (χ1) is 68.1. The minimum absolute atomic E-state index is 0.181. The predicted molar refractivity (Wildman–Crippen MR) is 488 cm³/mol. The highest BCUT2D eigenvalue weighted by Gasteiger charge is 2.76. The fourth-order valence-corrected chi connectivity index (χ4v) is 16.7. The van der Waals surface area contributed by atoms with Gasteiger partial charge in [-0.1, -0.05) is 182 Å². The monoisotopic (exact) mass is 2100 g/mol. The normalized spacial score (nSPS) is 20.2. The van der Waals surface area contributed by atoms with Gasteiger partial charge in [-0.2, -0.15) is 0 Å². The lowest BCUT2D eigenvalue weighted by Gasteiger charge is -2.57. The summed E-state index contributed by atoms with van der Waals surface area (Å²) in [6, 6.07) is 8.73. The van der Waals surface area contributed by atoms with E-state index in [1.165, 1.54) is 137 Å². The number of fused-ring (bicyclic) bond motifs is 2. The van der Waals surface area contributed by atoms with Crippen molar-refractivity contribution in [3.05, 3.63) is 30.3 Å². The van der Waals surface area contributed by atoms with Crippen LogP contribution in [0.2, 0.25) is 0 Å². The van der Waals surface area contributed by atoms with Crippen LogP contribution in [-0.2, 0) is 124 Å². The molecule has 0 radical (unpaired) electrons. The Kier molecular flexibility index (Phi) is 83.9. The maximum absolute atomic E-state index is 12.1. The van der Waals surface area contributed by atoms with Crippen molar-refractivity contribution in [2.45, 2.75) is 377 Å². The second kappa shape index (κ2) is 83.2. The van der Waals surface area contributed by atoms with Crippen LogP contribution in [0.5, 0.6) is 5.75 Å². The molecule has 1 heterocycles. The summed E-state index contributed by atoms with van der Waals surface area (Å²) in [5, 5.41) is 172. The lowest BCUT2D eigenvalue weighted by atomic mass is 9.49. The SMILES string of the molecule is CC(=O)OCC(=O)[O-].CC(=O)[O-].CC(=O)[O-].CC(C)(O)C(=O)[O-].CC12CCC(C(=O)OCC(=O)[O-])(OC1=O)C2(C)C.CCCC(=O)[O-].CCCC(=O)[O-].CCCCCCCC(=O)[O-].CCCCCCCC(=O)[O-].CCCCCCCCCCCC(=O)[O-].COC(C)(C)C(=O)[O-].COCC(=O)[O-].O=C([O-])C12CC3CC(CC(C3)C1)C2.O=C([O-])CO.O=C([O-])COC(=O)C12CC3CC(CC(C3)C1)C2.O=C([O-])COc1ccccc1. The smallest absolute Gasteiger partial charge is 0.351 e. The lowest BCUT2D eigenvalue weighted by Crippen LogP contribution is -2.54. The van der Waals surface area contributed by atoms with Gasteiger partial charge in [-0.05, 0) is 237 Å². The van der Waals surface area contributed by atoms with Crippen LogP contribution in [0.1, 0.15) is 361 Å². The number of aliphatic hydroxyl groups is 2. The van der Waals surface area contributed by atoms with E-state index in [2.05, 4.69) is 39.7 Å². The highest BCUT2D eigenvalue weighted by atomic mass is 16.6. The lowest BCUT2D eigenvalue weighted by molar-refractivity contribution is -0.327. The number of aliphatic carboxylic acids is 16. The summed E-state index contributed by atoms with van der Waals surface area (Å²) in [5.41, 5.74) is -6.42. The van der Waals surface area contributed by atoms with Gasteiger partial charge in [-0.15, -0.1) is 0 Å². The number of rotatable bonds is 44.